The molecule has 0 aliphatic heterocycles. The Balaban J connectivity index is 1.41. The first kappa shape index (κ1) is 12.8. The summed E-state index contributed by atoms with van der Waals surface area (Å²) in [5, 5.41) is 7.18. The Labute approximate surface area is 123 Å². The van der Waals surface area contributed by atoms with Crippen molar-refractivity contribution in [2.75, 3.05) is 6.54 Å². The minimum absolute atomic E-state index is 0.00570. The van der Waals surface area contributed by atoms with Gasteiger partial charge in [-0.25, -0.2) is 9.50 Å². The first-order valence-corrected chi connectivity index (χ1v) is 7.89. The van der Waals surface area contributed by atoms with Gasteiger partial charge < -0.3 is 5.32 Å². The fourth-order valence-electron chi connectivity index (χ4n) is 4.22. The van der Waals surface area contributed by atoms with Crippen molar-refractivity contribution < 1.29 is 4.79 Å². The molecule has 1 N–H and O–H groups in total. The lowest BCUT2D eigenvalue weighted by Crippen LogP contribution is -2.31. The quantitative estimate of drug-likeness (QED) is 0.940. The molecule has 2 aliphatic rings. The van der Waals surface area contributed by atoms with Gasteiger partial charge in [-0.1, -0.05) is 12.8 Å². The lowest BCUT2D eigenvalue weighted by atomic mass is 9.92. The summed E-state index contributed by atoms with van der Waals surface area (Å²) in [6.45, 7) is 0.815. The number of carbonyl (C=O) groups excluding carboxylic acids is 1. The van der Waals surface area contributed by atoms with Crippen molar-refractivity contribution in [1.29, 1.82) is 0 Å². The highest BCUT2D eigenvalue weighted by Crippen LogP contribution is 2.47. The van der Waals surface area contributed by atoms with Crippen LogP contribution in [0.1, 0.15) is 42.5 Å². The van der Waals surface area contributed by atoms with Crippen molar-refractivity contribution >= 4 is 11.6 Å². The maximum Gasteiger partial charge on any atom is 0.252 e. The highest BCUT2D eigenvalue weighted by molar-refractivity contribution is 5.94. The van der Waals surface area contributed by atoms with Gasteiger partial charge in [-0.3, -0.25) is 4.79 Å². The van der Waals surface area contributed by atoms with Crippen LogP contribution in [-0.2, 0) is 0 Å². The van der Waals surface area contributed by atoms with E-state index >= 15 is 0 Å². The van der Waals surface area contributed by atoms with Crippen molar-refractivity contribution in [3.63, 3.8) is 0 Å². The van der Waals surface area contributed by atoms with Crippen LogP contribution in [-0.4, -0.2) is 27.0 Å². The van der Waals surface area contributed by atoms with Gasteiger partial charge in [0.25, 0.3) is 5.91 Å². The number of hydrogen-bond donors (Lipinski definition) is 1. The molecular weight excluding hydrogens is 264 g/mol. The third-order valence-electron chi connectivity index (χ3n) is 5.29. The molecule has 0 bridgehead atoms. The fourth-order valence-corrected chi connectivity index (χ4v) is 4.22. The molecule has 1 amide bonds. The summed E-state index contributed by atoms with van der Waals surface area (Å²) >= 11 is 0. The van der Waals surface area contributed by atoms with Crippen molar-refractivity contribution in [3.05, 3.63) is 30.2 Å². The minimum atomic E-state index is -0.00570. The van der Waals surface area contributed by atoms with E-state index in [-0.39, 0.29) is 5.91 Å². The van der Waals surface area contributed by atoms with Crippen LogP contribution < -0.4 is 5.32 Å². The molecule has 110 valence electrons. The topological polar surface area (TPSA) is 59.3 Å². The molecule has 0 unspecified atom stereocenters. The second-order valence-corrected chi connectivity index (χ2v) is 6.38. The molecule has 2 fully saturated rings. The van der Waals surface area contributed by atoms with E-state index in [4.69, 9.17) is 0 Å². The van der Waals surface area contributed by atoms with E-state index in [1.54, 1.807) is 10.7 Å². The Kier molecular flexibility index (Phi) is 3.13. The molecule has 0 radical (unpaired) electrons. The van der Waals surface area contributed by atoms with E-state index in [0.29, 0.717) is 11.5 Å². The number of aromatic nitrogens is 3. The molecule has 4 rings (SSSR count). The Bertz CT molecular complexity index is 665. The van der Waals surface area contributed by atoms with E-state index < -0.39 is 0 Å². The van der Waals surface area contributed by atoms with Crippen LogP contribution >= 0.6 is 0 Å². The van der Waals surface area contributed by atoms with Crippen LogP contribution in [0.5, 0.6) is 0 Å². The molecule has 2 saturated carbocycles. The SMILES string of the molecule is O=C(NC[C@H]1CC[C@@H]2CCC[C@@H]21)c1ccc2ncnn2c1. The zero-order chi connectivity index (χ0) is 14.2. The summed E-state index contributed by atoms with van der Waals surface area (Å²) in [6.07, 6.45) is 10.0. The molecule has 0 saturated heterocycles. The monoisotopic (exact) mass is 284 g/mol. The highest BCUT2D eigenvalue weighted by Gasteiger charge is 2.38. The normalized spacial score (nSPS) is 27.9. The second kappa shape index (κ2) is 5.13. The third kappa shape index (κ3) is 2.30. The second-order valence-electron chi connectivity index (χ2n) is 6.38. The predicted molar refractivity (Wildman–Crippen MR) is 78.9 cm³/mol. The smallest absolute Gasteiger partial charge is 0.252 e. The van der Waals surface area contributed by atoms with Crippen LogP contribution in [0.25, 0.3) is 5.65 Å². The average Bonchev–Trinajstić information content (AvgIpc) is 3.20. The maximum atomic E-state index is 12.3. The number of pyridine rings is 1. The molecule has 5 nitrogen and oxygen atoms in total. The van der Waals surface area contributed by atoms with Crippen LogP contribution in [0.4, 0.5) is 0 Å². The Morgan fingerprint density at radius 2 is 2.24 bits per heavy atom. The van der Waals surface area contributed by atoms with E-state index in [2.05, 4.69) is 15.4 Å². The van der Waals surface area contributed by atoms with E-state index in [1.165, 1.54) is 38.4 Å². The lowest BCUT2D eigenvalue weighted by molar-refractivity contribution is 0.0942. The van der Waals surface area contributed by atoms with Crippen molar-refractivity contribution in [3.8, 4) is 0 Å². The van der Waals surface area contributed by atoms with Gasteiger partial charge in [-0.2, -0.15) is 5.10 Å². The number of hydrogen-bond acceptors (Lipinski definition) is 3. The lowest BCUT2D eigenvalue weighted by Gasteiger charge is -2.18. The summed E-state index contributed by atoms with van der Waals surface area (Å²) in [4.78, 5) is 16.4. The Hall–Kier alpha value is -1.91. The average molecular weight is 284 g/mol. The number of rotatable bonds is 3. The zero-order valence-corrected chi connectivity index (χ0v) is 12.0. The van der Waals surface area contributed by atoms with Crippen molar-refractivity contribution in [1.82, 2.24) is 19.9 Å². The Morgan fingerprint density at radius 1 is 1.29 bits per heavy atom. The van der Waals surface area contributed by atoms with Crippen molar-refractivity contribution in [2.45, 2.75) is 32.1 Å². The molecule has 2 aromatic rings. The van der Waals surface area contributed by atoms with Gasteiger partial charge in [0, 0.05) is 12.7 Å². The number of carbonyl (C=O) groups is 1. The van der Waals surface area contributed by atoms with E-state index in [0.717, 1.165) is 24.0 Å². The summed E-state index contributed by atoms with van der Waals surface area (Å²) < 4.78 is 1.64. The molecule has 2 aromatic heterocycles. The highest BCUT2D eigenvalue weighted by atomic mass is 16.1. The van der Waals surface area contributed by atoms with Gasteiger partial charge in [-0.15, -0.1) is 0 Å². The molecule has 3 atom stereocenters. The molecule has 2 heterocycles. The fraction of sp³-hybridized carbons (Fsp3) is 0.562. The number of fused-ring (bicyclic) bond motifs is 2. The first-order chi connectivity index (χ1) is 10.3. The van der Waals surface area contributed by atoms with Crippen LogP contribution in [0.2, 0.25) is 0 Å². The summed E-state index contributed by atoms with van der Waals surface area (Å²) in [7, 11) is 0. The van der Waals surface area contributed by atoms with Crippen LogP contribution in [0.15, 0.2) is 24.7 Å². The molecule has 5 heteroatoms. The molecular formula is C16H20N4O. The van der Waals surface area contributed by atoms with E-state index in [9.17, 15) is 4.79 Å². The maximum absolute atomic E-state index is 12.3. The third-order valence-corrected chi connectivity index (χ3v) is 5.29. The van der Waals surface area contributed by atoms with Gasteiger partial charge >= 0.3 is 0 Å². The Morgan fingerprint density at radius 3 is 3.19 bits per heavy atom. The van der Waals surface area contributed by atoms with Gasteiger partial charge in [0.1, 0.15) is 6.33 Å². The summed E-state index contributed by atoms with van der Waals surface area (Å²) in [5.74, 6) is 2.45. The van der Waals surface area contributed by atoms with Crippen molar-refractivity contribution in [2.24, 2.45) is 17.8 Å². The van der Waals surface area contributed by atoms with Gasteiger partial charge in [0.15, 0.2) is 5.65 Å². The van der Waals surface area contributed by atoms with Gasteiger partial charge in [0.2, 0.25) is 0 Å². The standard InChI is InChI=1S/C16H20N4O/c21-16(13-6-7-15-18-10-19-20(15)9-13)17-8-12-5-4-11-2-1-3-14(11)12/h6-7,9-12,14H,1-5,8H2,(H,17,21)/t11-,12+,14-/m0/s1. The summed E-state index contributed by atoms with van der Waals surface area (Å²) in [6, 6.07) is 3.64. The first-order valence-electron chi connectivity index (χ1n) is 7.89. The van der Waals surface area contributed by atoms with Crippen LogP contribution in [0, 0.1) is 17.8 Å². The predicted octanol–water partition coefficient (Wildman–Crippen LogP) is 2.29. The minimum Gasteiger partial charge on any atom is -0.352 e. The van der Waals surface area contributed by atoms with Gasteiger partial charge in [-0.05, 0) is 49.1 Å². The summed E-state index contributed by atoms with van der Waals surface area (Å²) in [5.41, 5.74) is 1.41. The molecule has 2 aliphatic carbocycles. The molecule has 0 aromatic carbocycles. The largest absolute Gasteiger partial charge is 0.352 e. The zero-order valence-electron chi connectivity index (χ0n) is 12.0. The number of amides is 1. The van der Waals surface area contributed by atoms with Crippen LogP contribution in [0.3, 0.4) is 0 Å². The number of nitrogens with zero attached hydrogens (tertiary/aromatic N) is 3. The molecule has 0 spiro atoms. The number of nitrogens with one attached hydrogen (secondary N) is 1. The van der Waals surface area contributed by atoms with Gasteiger partial charge in [0.05, 0.1) is 5.56 Å². The van der Waals surface area contributed by atoms with E-state index in [1.807, 2.05) is 12.1 Å². The molecule has 21 heavy (non-hydrogen) atoms.